The molecular formula is C4H18. The third-order valence-corrected chi connectivity index (χ3v) is 0. The van der Waals surface area contributed by atoms with Crippen LogP contribution in [0.5, 0.6) is 0 Å². The van der Waals surface area contributed by atoms with Gasteiger partial charge in [-0.05, 0) is 0 Å². The van der Waals surface area contributed by atoms with E-state index in [1.165, 1.54) is 0 Å². The Labute approximate surface area is 32.3 Å². The van der Waals surface area contributed by atoms with Crippen LogP contribution in [0.3, 0.4) is 0 Å². The van der Waals surface area contributed by atoms with Gasteiger partial charge in [0.2, 0.25) is 0 Å². The molecule has 0 nitrogen and oxygen atoms in total. The largest absolute Gasteiger partial charge is 0.0776 e. The molecule has 0 aliphatic carbocycles. The molecule has 0 rings (SSSR count). The Kier molecular flexibility index (Phi) is 0. The smallest absolute Gasteiger partial charge is 0 e. The zero-order chi connectivity index (χ0) is 0. The van der Waals surface area contributed by atoms with Crippen LogP contribution < -0.4 is 0 Å². The summed E-state index contributed by atoms with van der Waals surface area (Å²) in [6.07, 6.45) is 0. The van der Waals surface area contributed by atoms with Gasteiger partial charge >= 0.3 is 0 Å². The lowest BCUT2D eigenvalue weighted by molar-refractivity contribution is 2.50. The molecule has 0 aromatic heterocycles. The zero-order valence-corrected chi connectivity index (χ0v) is 0. The van der Waals surface area contributed by atoms with Crippen LogP contribution >= 0.6 is 0 Å². The van der Waals surface area contributed by atoms with Gasteiger partial charge in [-0.1, -0.05) is 29.7 Å². The Morgan fingerprint density at radius 1 is 0.500 bits per heavy atom. The molecule has 0 amide bonds. The van der Waals surface area contributed by atoms with E-state index in [0.717, 1.165) is 0 Å². The third kappa shape index (κ3) is 0. The van der Waals surface area contributed by atoms with Gasteiger partial charge in [0.15, 0.2) is 0 Å². The summed E-state index contributed by atoms with van der Waals surface area (Å²) in [5, 5.41) is 0. The molecule has 0 bridgehead atoms. The highest BCUT2D eigenvalue weighted by molar-refractivity contribution is 2.51. The van der Waals surface area contributed by atoms with Crippen LogP contribution in [0.4, 0.5) is 0 Å². The average molecular weight is 66.2 g/mol. The van der Waals surface area contributed by atoms with Crippen molar-refractivity contribution in [1.82, 2.24) is 0 Å². The van der Waals surface area contributed by atoms with E-state index in [4.69, 9.17) is 0 Å². The summed E-state index contributed by atoms with van der Waals surface area (Å²) < 4.78 is 0. The summed E-state index contributed by atoms with van der Waals surface area (Å²) in [6.45, 7) is 0. The fraction of sp³-hybridized carbons (Fsp3) is 1.00. The van der Waals surface area contributed by atoms with Crippen molar-refractivity contribution in [3.63, 3.8) is 0 Å². The highest BCUT2D eigenvalue weighted by Crippen LogP contribution is 0.147. The Bertz CT molecular complexity index is 3.61. The summed E-state index contributed by atoms with van der Waals surface area (Å²) in [5.74, 6) is 0. The lowest BCUT2D eigenvalue weighted by Gasteiger charge is -0.0786. The quantitative estimate of drug-likeness (QED) is 0.408. The minimum absolute atomic E-state index is 0. The summed E-state index contributed by atoms with van der Waals surface area (Å²) >= 11 is 0. The van der Waals surface area contributed by atoms with Crippen molar-refractivity contribution in [2.24, 2.45) is 0 Å². The highest BCUT2D eigenvalue weighted by atomic mass is 12.0. The first-order valence-electron chi connectivity index (χ1n) is 0. The molecule has 4 heavy (non-hydrogen) atoms. The molecule has 0 N–H and O–H groups in total. The Hall–Kier alpha value is 0. The molecule has 0 aliphatic rings. The molecule has 0 fully saturated rings. The first-order valence-corrected chi connectivity index (χ1v) is 0. The van der Waals surface area contributed by atoms with Crippen molar-refractivity contribution >= 4 is 0 Å². The molecule has 34 valence electrons. The van der Waals surface area contributed by atoms with Crippen LogP contribution in [-0.2, 0) is 0 Å². The summed E-state index contributed by atoms with van der Waals surface area (Å²) in [5.41, 5.74) is 0. The van der Waals surface area contributed by atoms with E-state index < -0.39 is 0 Å². The summed E-state index contributed by atoms with van der Waals surface area (Å²) in [6, 6.07) is 0. The van der Waals surface area contributed by atoms with Crippen molar-refractivity contribution in [3.8, 4) is 0 Å². The first-order chi connectivity index (χ1) is 0. The first kappa shape index (κ1) is 0. The molecule has 0 unspecified atom stereocenters. The van der Waals surface area contributed by atoms with E-state index in [9.17, 15) is 0 Å². The second kappa shape index (κ2) is 0. The molecule has 0 spiro atoms. The topological polar surface area (TPSA) is 0 Å². The molecule has 0 saturated heterocycles. The molecule has 0 heteroatoms. The van der Waals surface area contributed by atoms with Gasteiger partial charge in [0, 0.05) is 1.43 Å². The van der Waals surface area contributed by atoms with Crippen molar-refractivity contribution in [3.05, 3.63) is 0 Å². The van der Waals surface area contributed by atoms with Gasteiger partial charge in [0.1, 0.15) is 0 Å². The second-order valence-electron chi connectivity index (χ2n) is 0. The molecule has 0 aliphatic heterocycles. The average Bonchev–Trinajstić information content (AvgIpc) is 0. The lowest BCUT2D eigenvalue weighted by Crippen LogP contribution is 0.143. The molecule has 0 heterocycles. The minimum atomic E-state index is 0. The van der Waals surface area contributed by atoms with Gasteiger partial charge in [-0.25, -0.2) is 0 Å². The highest BCUT2D eigenvalue weighted by Gasteiger charge is -0.0746. The van der Waals surface area contributed by atoms with E-state index in [0.29, 0.717) is 0 Å². The normalized spacial score (nSPS) is 0. The Morgan fingerprint density at radius 3 is 0.500 bits per heavy atom. The Balaban J connectivity index is 0. The van der Waals surface area contributed by atoms with Gasteiger partial charge in [0.25, 0.3) is 0 Å². The maximum absolute atomic E-state index is 0. The maximum Gasteiger partial charge on any atom is 0 e. The fourth-order valence-corrected chi connectivity index (χ4v) is 0. The third-order valence-electron chi connectivity index (χ3n) is 0. The van der Waals surface area contributed by atoms with Crippen LogP contribution in [0.2, 0.25) is 0 Å². The predicted octanol–water partition coefficient (Wildman–Crippen LogP) is 2.79. The molecule has 0 aromatic rings. The van der Waals surface area contributed by atoms with E-state index in [2.05, 4.69) is 0 Å². The monoisotopic (exact) mass is 66.1 g/mol. The molecule has 0 saturated carbocycles. The van der Waals surface area contributed by atoms with Crippen molar-refractivity contribution in [2.75, 3.05) is 0 Å². The molecule has 0 atom stereocenters. The van der Waals surface area contributed by atoms with E-state index in [-0.39, 0.29) is 31.1 Å². The Morgan fingerprint density at radius 2 is 0.500 bits per heavy atom. The van der Waals surface area contributed by atoms with Crippen LogP contribution in [0.15, 0.2) is 0 Å². The zero-order valence-electron chi connectivity index (χ0n) is 0. The van der Waals surface area contributed by atoms with Gasteiger partial charge < -0.3 is 0 Å². The fourth-order valence-electron chi connectivity index (χ4n) is 0. The van der Waals surface area contributed by atoms with Crippen molar-refractivity contribution in [1.29, 1.82) is 0 Å². The number of hydrogen-bond acceptors (Lipinski definition) is 0. The van der Waals surface area contributed by atoms with Crippen LogP contribution in [0.25, 0.3) is 0 Å². The lowest BCUT2D eigenvalue weighted by atomic mass is 12.0. The van der Waals surface area contributed by atoms with E-state index in [1.54, 1.807) is 0 Å². The van der Waals surface area contributed by atoms with Gasteiger partial charge in [-0.15, -0.1) is 0 Å². The minimum Gasteiger partial charge on any atom is -0.0776 e. The SMILES string of the molecule is C.C.C.C.[HH]. The predicted molar refractivity (Wildman–Crippen MR) is 29.0 cm³/mol. The van der Waals surface area contributed by atoms with Crippen molar-refractivity contribution < 1.29 is 1.43 Å². The molecule has 0 radical (unpaired) electrons. The van der Waals surface area contributed by atoms with Gasteiger partial charge in [-0.3, -0.25) is 0 Å². The van der Waals surface area contributed by atoms with E-state index >= 15 is 0 Å². The van der Waals surface area contributed by atoms with Crippen molar-refractivity contribution in [2.45, 2.75) is 29.7 Å². The number of rotatable bonds is 0. The number of hydrogen-bond donors (Lipinski definition) is 0. The maximum atomic E-state index is 0. The van der Waals surface area contributed by atoms with Crippen LogP contribution in [0.1, 0.15) is 31.1 Å². The van der Waals surface area contributed by atoms with Gasteiger partial charge in [0.05, 0.1) is 0 Å². The standard InChI is InChI=1S/4CH4.H2/h4*1H4;1H. The molecular weight excluding hydrogens is 48.0 g/mol. The molecule has 0 aromatic carbocycles. The van der Waals surface area contributed by atoms with Crippen LogP contribution in [0, 0.1) is 0 Å². The summed E-state index contributed by atoms with van der Waals surface area (Å²) in [4.78, 5) is 0. The van der Waals surface area contributed by atoms with E-state index in [1.807, 2.05) is 0 Å². The van der Waals surface area contributed by atoms with Crippen LogP contribution in [-0.4, -0.2) is 0 Å². The van der Waals surface area contributed by atoms with Gasteiger partial charge in [-0.2, -0.15) is 0 Å². The second-order valence-corrected chi connectivity index (χ2v) is 0. The summed E-state index contributed by atoms with van der Waals surface area (Å²) in [7, 11) is 0.